The lowest BCUT2D eigenvalue weighted by Gasteiger charge is -2.13. The van der Waals surface area contributed by atoms with E-state index in [0.717, 1.165) is 5.56 Å². The van der Waals surface area contributed by atoms with Gasteiger partial charge in [-0.15, -0.1) is 0 Å². The molecular weight excluding hydrogens is 368 g/mol. The maximum atomic E-state index is 12.0. The molecule has 0 amide bonds. The zero-order valence-corrected chi connectivity index (χ0v) is 14.9. The molecule has 3 aromatic carbocycles. The molecule has 3 aromatic rings. The lowest BCUT2D eigenvalue weighted by Crippen LogP contribution is -2.17. The molecule has 6 nitrogen and oxygen atoms in total. The molecule has 0 aromatic heterocycles. The summed E-state index contributed by atoms with van der Waals surface area (Å²) in [5.41, 5.74) is 0.894. The maximum absolute atomic E-state index is 12.0. The van der Waals surface area contributed by atoms with Crippen molar-refractivity contribution in [2.75, 3.05) is 6.61 Å². The molecule has 0 fully saturated rings. The van der Waals surface area contributed by atoms with E-state index >= 15 is 0 Å². The van der Waals surface area contributed by atoms with Crippen LogP contribution in [0.5, 0.6) is 11.5 Å². The Kier molecular flexibility index (Phi) is 5.25. The molecule has 0 atom stereocenters. The second-order valence-electron chi connectivity index (χ2n) is 5.60. The normalized spacial score (nSPS) is 11.1. The molecule has 0 radical (unpaired) electrons. The smallest absolute Gasteiger partial charge is 0.349 e. The zero-order chi connectivity index (χ0) is 19.4. The summed E-state index contributed by atoms with van der Waals surface area (Å²) in [5.74, 6) is 0.0229. The lowest BCUT2D eigenvalue weighted by molar-refractivity contribution is -0.136. The van der Waals surface area contributed by atoms with E-state index in [-0.39, 0.29) is 22.6 Å². The minimum atomic E-state index is -4.63. The summed E-state index contributed by atoms with van der Waals surface area (Å²) in [5, 5.41) is 0.649. The standard InChI is InChI=1S/C20H16O6S/c1-2-14-9-11-15(12-10-14)26-20(21)13-25-18-7-3-6-17-16(18)5-4-8-19(17)27(22,23)24/h2-12H,1,13H2,(H,22,23,24)/p-1. The Morgan fingerprint density at radius 2 is 1.67 bits per heavy atom. The number of hydrogen-bond acceptors (Lipinski definition) is 6. The first-order valence-electron chi connectivity index (χ1n) is 7.92. The molecule has 3 rings (SSSR count). The van der Waals surface area contributed by atoms with Gasteiger partial charge in [-0.2, -0.15) is 0 Å². The summed E-state index contributed by atoms with van der Waals surface area (Å²) in [6.07, 6.45) is 1.67. The Bertz CT molecular complexity index is 1100. The van der Waals surface area contributed by atoms with Crippen molar-refractivity contribution in [2.24, 2.45) is 0 Å². The van der Waals surface area contributed by atoms with Gasteiger partial charge >= 0.3 is 5.97 Å². The number of carbonyl (C=O) groups is 1. The molecule has 27 heavy (non-hydrogen) atoms. The van der Waals surface area contributed by atoms with Gasteiger partial charge < -0.3 is 14.0 Å². The molecule has 0 spiro atoms. The van der Waals surface area contributed by atoms with Gasteiger partial charge in [-0.25, -0.2) is 13.2 Å². The van der Waals surface area contributed by atoms with Crippen LogP contribution < -0.4 is 9.47 Å². The highest BCUT2D eigenvalue weighted by molar-refractivity contribution is 7.86. The fourth-order valence-electron chi connectivity index (χ4n) is 2.57. The second-order valence-corrected chi connectivity index (χ2v) is 6.95. The molecule has 0 aliphatic rings. The number of ether oxygens (including phenoxy) is 2. The summed E-state index contributed by atoms with van der Waals surface area (Å²) < 4.78 is 44.8. The molecule has 0 bridgehead atoms. The largest absolute Gasteiger partial charge is 0.744 e. The number of fused-ring (bicyclic) bond motifs is 1. The molecule has 0 saturated carbocycles. The van der Waals surface area contributed by atoms with Crippen LogP contribution in [-0.4, -0.2) is 25.5 Å². The number of esters is 1. The Balaban J connectivity index is 1.76. The SMILES string of the molecule is C=Cc1ccc(OC(=O)COc2cccc3c(S(=O)(=O)[O-])cccc23)cc1. The van der Waals surface area contributed by atoms with Crippen molar-refractivity contribution in [3.05, 3.63) is 72.8 Å². The summed E-state index contributed by atoms with van der Waals surface area (Å²) >= 11 is 0. The zero-order valence-electron chi connectivity index (χ0n) is 14.1. The molecule has 138 valence electrons. The molecule has 0 saturated heterocycles. The van der Waals surface area contributed by atoms with E-state index in [1.54, 1.807) is 48.5 Å². The fourth-order valence-corrected chi connectivity index (χ4v) is 3.26. The van der Waals surface area contributed by atoms with Crippen molar-refractivity contribution in [1.82, 2.24) is 0 Å². The second kappa shape index (κ2) is 7.61. The van der Waals surface area contributed by atoms with Crippen molar-refractivity contribution in [2.45, 2.75) is 4.90 Å². The van der Waals surface area contributed by atoms with Crippen LogP contribution in [0.1, 0.15) is 5.56 Å². The van der Waals surface area contributed by atoms with Crippen LogP contribution in [0.15, 0.2) is 72.1 Å². The van der Waals surface area contributed by atoms with Crippen LogP contribution in [0, 0.1) is 0 Å². The van der Waals surface area contributed by atoms with Crippen molar-refractivity contribution >= 4 is 32.9 Å². The molecule has 0 heterocycles. The van der Waals surface area contributed by atoms with Crippen molar-refractivity contribution in [3.63, 3.8) is 0 Å². The summed E-state index contributed by atoms with van der Waals surface area (Å²) in [4.78, 5) is 11.7. The Morgan fingerprint density at radius 3 is 2.33 bits per heavy atom. The maximum Gasteiger partial charge on any atom is 0.349 e. The van der Waals surface area contributed by atoms with E-state index in [0.29, 0.717) is 11.1 Å². The lowest BCUT2D eigenvalue weighted by atomic mass is 10.1. The molecule has 0 aliphatic carbocycles. The van der Waals surface area contributed by atoms with Crippen LogP contribution >= 0.6 is 0 Å². The molecular formula is C20H15O6S-. The van der Waals surface area contributed by atoms with Gasteiger partial charge in [-0.05, 0) is 29.8 Å². The van der Waals surface area contributed by atoms with E-state index in [1.165, 1.54) is 18.2 Å². The summed E-state index contributed by atoms with van der Waals surface area (Å²) in [7, 11) is -4.63. The molecule has 0 aliphatic heterocycles. The van der Waals surface area contributed by atoms with E-state index in [4.69, 9.17) is 9.47 Å². The number of rotatable bonds is 6. The Hall–Kier alpha value is -3.16. The monoisotopic (exact) mass is 383 g/mol. The van der Waals surface area contributed by atoms with Gasteiger partial charge in [0.1, 0.15) is 21.6 Å². The van der Waals surface area contributed by atoms with Gasteiger partial charge in [0.05, 0.1) is 4.90 Å². The minimum absolute atomic E-state index is 0.235. The average molecular weight is 383 g/mol. The van der Waals surface area contributed by atoms with Crippen LogP contribution in [-0.2, 0) is 14.9 Å². The van der Waals surface area contributed by atoms with Crippen LogP contribution in [0.2, 0.25) is 0 Å². The van der Waals surface area contributed by atoms with Gasteiger partial charge in [-0.1, -0.05) is 49.1 Å². The van der Waals surface area contributed by atoms with E-state index in [1.807, 2.05) is 0 Å². The summed E-state index contributed by atoms with van der Waals surface area (Å²) in [6, 6.07) is 15.7. The van der Waals surface area contributed by atoms with E-state index < -0.39 is 16.1 Å². The molecule has 0 N–H and O–H groups in total. The van der Waals surface area contributed by atoms with E-state index in [9.17, 15) is 17.8 Å². The molecule has 0 unspecified atom stereocenters. The van der Waals surface area contributed by atoms with Crippen LogP contribution in [0.3, 0.4) is 0 Å². The van der Waals surface area contributed by atoms with Crippen molar-refractivity contribution < 1.29 is 27.2 Å². The van der Waals surface area contributed by atoms with Crippen molar-refractivity contribution in [3.8, 4) is 11.5 Å². The third-order valence-corrected chi connectivity index (χ3v) is 4.70. The number of benzene rings is 3. The average Bonchev–Trinajstić information content (AvgIpc) is 2.65. The quantitative estimate of drug-likeness (QED) is 0.368. The van der Waals surface area contributed by atoms with Gasteiger partial charge in [0.15, 0.2) is 6.61 Å². The predicted molar refractivity (Wildman–Crippen MR) is 99.6 cm³/mol. The van der Waals surface area contributed by atoms with Gasteiger partial charge in [0.2, 0.25) is 0 Å². The third kappa shape index (κ3) is 4.33. The van der Waals surface area contributed by atoms with Crippen LogP contribution in [0.25, 0.3) is 16.8 Å². The summed E-state index contributed by atoms with van der Waals surface area (Å²) in [6.45, 7) is 3.27. The fraction of sp³-hybridized carbons (Fsp3) is 0.0500. The number of carbonyl (C=O) groups excluding carboxylic acids is 1. The third-order valence-electron chi connectivity index (χ3n) is 3.80. The van der Waals surface area contributed by atoms with Gasteiger partial charge in [0.25, 0.3) is 0 Å². The predicted octanol–water partition coefficient (Wildman–Crippen LogP) is 3.37. The first-order chi connectivity index (χ1) is 12.9. The van der Waals surface area contributed by atoms with Crippen LogP contribution in [0.4, 0.5) is 0 Å². The van der Waals surface area contributed by atoms with Gasteiger partial charge in [0, 0.05) is 10.8 Å². The topological polar surface area (TPSA) is 92.7 Å². The highest BCUT2D eigenvalue weighted by atomic mass is 32.2. The first-order valence-corrected chi connectivity index (χ1v) is 9.33. The van der Waals surface area contributed by atoms with E-state index in [2.05, 4.69) is 6.58 Å². The Morgan fingerprint density at radius 1 is 1.00 bits per heavy atom. The minimum Gasteiger partial charge on any atom is -0.744 e. The number of hydrogen-bond donors (Lipinski definition) is 0. The molecule has 7 heteroatoms. The first kappa shape index (κ1) is 18.6. The highest BCUT2D eigenvalue weighted by Gasteiger charge is 2.12. The highest BCUT2D eigenvalue weighted by Crippen LogP contribution is 2.30. The van der Waals surface area contributed by atoms with Crippen molar-refractivity contribution in [1.29, 1.82) is 0 Å². The van der Waals surface area contributed by atoms with Gasteiger partial charge in [-0.3, -0.25) is 0 Å². The Labute approximate surface area is 156 Å².